The molecular weight excluding hydrogens is 530 g/mol. The zero-order chi connectivity index (χ0) is 27.4. The average molecular weight is 570 g/mol. The summed E-state index contributed by atoms with van der Waals surface area (Å²) in [4.78, 5) is 22.7. The molecule has 0 bridgehead atoms. The van der Waals surface area contributed by atoms with Crippen LogP contribution in [0.3, 0.4) is 0 Å². The molecule has 0 saturated heterocycles. The van der Waals surface area contributed by atoms with Crippen molar-refractivity contribution in [2.75, 3.05) is 0 Å². The first kappa shape index (κ1) is 32.4. The summed E-state index contributed by atoms with van der Waals surface area (Å²) in [7, 11) is 0. The molecule has 0 radical (unpaired) electrons. The molecule has 0 spiro atoms. The van der Waals surface area contributed by atoms with Gasteiger partial charge in [-0.3, -0.25) is 4.98 Å². The highest BCUT2D eigenvalue weighted by Gasteiger charge is 2.20. The maximum absolute atomic E-state index is 12.2. The van der Waals surface area contributed by atoms with E-state index in [0.717, 1.165) is 22.4 Å². The van der Waals surface area contributed by atoms with Crippen LogP contribution in [0.4, 0.5) is 4.79 Å². The van der Waals surface area contributed by atoms with Gasteiger partial charge in [-0.05, 0) is 64.4 Å². The molecule has 5 N–H and O–H groups in total. The molecule has 1 atom stereocenters. The van der Waals surface area contributed by atoms with E-state index >= 15 is 0 Å². The van der Waals surface area contributed by atoms with Crippen molar-refractivity contribution in [2.45, 2.75) is 70.3 Å². The zero-order valence-electron chi connectivity index (χ0n) is 23.8. The average Bonchev–Trinajstić information content (AvgIpc) is 3.33. The van der Waals surface area contributed by atoms with Gasteiger partial charge in [-0.15, -0.1) is 22.0 Å². The Kier molecular flexibility index (Phi) is 10.9. The number of carbonyl (C=O) groups is 1. The van der Waals surface area contributed by atoms with Gasteiger partial charge in [0.05, 0.1) is 23.6 Å². The third-order valence-corrected chi connectivity index (χ3v) is 6.49. The second kappa shape index (κ2) is 13.5. The fourth-order valence-corrected chi connectivity index (χ4v) is 4.55. The molecule has 0 aliphatic heterocycles. The first-order valence-corrected chi connectivity index (χ1v) is 13.4. The van der Waals surface area contributed by atoms with Crippen LogP contribution >= 0.6 is 11.8 Å². The Morgan fingerprint density at radius 2 is 1.68 bits per heavy atom. The van der Waals surface area contributed by atoms with E-state index in [-0.39, 0.29) is 18.4 Å². The van der Waals surface area contributed by atoms with E-state index in [1.54, 1.807) is 6.20 Å². The van der Waals surface area contributed by atoms with E-state index in [2.05, 4.69) is 46.5 Å². The van der Waals surface area contributed by atoms with Gasteiger partial charge in [-0.25, -0.2) is 9.78 Å². The number of benzene rings is 2. The van der Waals surface area contributed by atoms with Gasteiger partial charge < -0.3 is 25.4 Å². The molecule has 216 valence electrons. The summed E-state index contributed by atoms with van der Waals surface area (Å²) in [6.07, 6.45) is 1.28. The van der Waals surface area contributed by atoms with Crippen molar-refractivity contribution in [1.29, 1.82) is 0 Å². The van der Waals surface area contributed by atoms with Crippen molar-refractivity contribution in [1.82, 2.24) is 25.5 Å². The third-order valence-electron chi connectivity index (χ3n) is 5.47. The van der Waals surface area contributed by atoms with Crippen LogP contribution in [-0.2, 0) is 4.74 Å². The van der Waals surface area contributed by atoms with Gasteiger partial charge in [0, 0.05) is 22.7 Å². The highest BCUT2D eigenvalue weighted by Crippen LogP contribution is 2.29. The first-order chi connectivity index (χ1) is 18.0. The van der Waals surface area contributed by atoms with Crippen molar-refractivity contribution >= 4 is 17.9 Å². The molecule has 4 rings (SSSR count). The Bertz CT molecular complexity index is 1420. The summed E-state index contributed by atoms with van der Waals surface area (Å²) >= 11 is 1.82. The Morgan fingerprint density at radius 3 is 2.33 bits per heavy atom. The second-order valence-corrected chi connectivity index (χ2v) is 11.9. The smallest absolute Gasteiger partial charge is 0.408 e. The standard InChI is InChI=1S/C29H33N5O3S.2H2O.H2/c1-17(2)38-23-13-11-20(12-14-23)24-16-30-19(4)25(32-24)27-34-33-26(36-27)22-10-8-9-21(15-22)18(3)31-28(35)37-29(5,6)7;;;/h8-18H,1-7H3,(H,31,35);2*1H2;1H. The fourth-order valence-electron chi connectivity index (χ4n) is 3.71. The number of nitrogens with zero attached hydrogens (tertiary/aromatic N) is 4. The summed E-state index contributed by atoms with van der Waals surface area (Å²) in [5.41, 5.74) is 3.98. The lowest BCUT2D eigenvalue weighted by atomic mass is 10.1. The Hall–Kier alpha value is -3.80. The van der Waals surface area contributed by atoms with Crippen LogP contribution in [0.15, 0.2) is 64.0 Å². The lowest BCUT2D eigenvalue weighted by molar-refractivity contribution is 0.0508. The number of hydrogen-bond donors (Lipinski definition) is 1. The molecule has 2 aromatic carbocycles. The molecule has 0 saturated carbocycles. The number of ether oxygens (including phenoxy) is 1. The van der Waals surface area contributed by atoms with Crippen LogP contribution in [0.1, 0.15) is 60.3 Å². The number of nitrogens with one attached hydrogen (secondary N) is 1. The van der Waals surface area contributed by atoms with Crippen molar-refractivity contribution in [2.24, 2.45) is 0 Å². The monoisotopic (exact) mass is 569 g/mol. The first-order valence-electron chi connectivity index (χ1n) is 12.5. The number of thioether (sulfide) groups is 1. The molecule has 0 aliphatic rings. The highest BCUT2D eigenvalue weighted by atomic mass is 32.2. The summed E-state index contributed by atoms with van der Waals surface area (Å²) in [6.45, 7) is 13.6. The molecular formula is C29H39N5O5S. The largest absolute Gasteiger partial charge is 0.444 e. The van der Waals surface area contributed by atoms with Gasteiger partial charge in [0.1, 0.15) is 11.3 Å². The molecule has 10 nitrogen and oxygen atoms in total. The van der Waals surface area contributed by atoms with Crippen LogP contribution in [0, 0.1) is 6.92 Å². The van der Waals surface area contributed by atoms with Gasteiger partial charge in [-0.2, -0.15) is 0 Å². The van der Waals surface area contributed by atoms with Gasteiger partial charge in [0.2, 0.25) is 5.89 Å². The van der Waals surface area contributed by atoms with Crippen molar-refractivity contribution < 1.29 is 26.3 Å². The van der Waals surface area contributed by atoms with Crippen LogP contribution in [0.5, 0.6) is 0 Å². The molecule has 0 aliphatic carbocycles. The molecule has 4 aromatic rings. The number of carbonyl (C=O) groups excluding carboxylic acids is 1. The van der Waals surface area contributed by atoms with Crippen molar-refractivity contribution in [3.8, 4) is 34.3 Å². The van der Waals surface area contributed by atoms with E-state index in [0.29, 0.717) is 28.4 Å². The van der Waals surface area contributed by atoms with Crippen molar-refractivity contribution in [3.63, 3.8) is 0 Å². The van der Waals surface area contributed by atoms with Crippen LogP contribution < -0.4 is 5.32 Å². The summed E-state index contributed by atoms with van der Waals surface area (Å²) in [5.74, 6) is 0.650. The Morgan fingerprint density at radius 1 is 1.00 bits per heavy atom. The minimum atomic E-state index is -0.569. The van der Waals surface area contributed by atoms with E-state index < -0.39 is 11.7 Å². The van der Waals surface area contributed by atoms with E-state index in [9.17, 15) is 4.79 Å². The number of aryl methyl sites for hydroxylation is 1. The SMILES string of the molecule is Cc1ncc(-c2ccc(SC(C)C)cc2)nc1-c1nnc(-c2cccc(C(C)NC(=O)OC(C)(C)C)c2)o1.O.O.[HH]. The summed E-state index contributed by atoms with van der Waals surface area (Å²) in [6, 6.07) is 15.6. The number of amides is 1. The Labute approximate surface area is 240 Å². The molecule has 2 aromatic heterocycles. The van der Waals surface area contributed by atoms with Crippen LogP contribution in [0.2, 0.25) is 0 Å². The number of hydrogen-bond acceptors (Lipinski definition) is 8. The minimum Gasteiger partial charge on any atom is -0.444 e. The number of alkyl carbamates (subject to hydrolysis) is 1. The predicted molar refractivity (Wildman–Crippen MR) is 159 cm³/mol. The predicted octanol–water partition coefficient (Wildman–Crippen LogP) is 5.85. The van der Waals surface area contributed by atoms with E-state index in [1.807, 2.05) is 82.8 Å². The molecule has 40 heavy (non-hydrogen) atoms. The fraction of sp³-hybridized carbons (Fsp3) is 0.345. The van der Waals surface area contributed by atoms with Crippen molar-refractivity contribution in [3.05, 3.63) is 66.0 Å². The van der Waals surface area contributed by atoms with Crippen LogP contribution in [0.25, 0.3) is 34.3 Å². The highest BCUT2D eigenvalue weighted by molar-refractivity contribution is 7.99. The van der Waals surface area contributed by atoms with Gasteiger partial charge in [-0.1, -0.05) is 38.1 Å². The topological polar surface area (TPSA) is 166 Å². The van der Waals surface area contributed by atoms with Crippen LogP contribution in [-0.4, -0.2) is 48.1 Å². The second-order valence-electron chi connectivity index (χ2n) is 10.3. The minimum absolute atomic E-state index is 0. The lowest BCUT2D eigenvalue weighted by Crippen LogP contribution is -2.34. The normalized spacial score (nSPS) is 11.8. The summed E-state index contributed by atoms with van der Waals surface area (Å²) in [5, 5.41) is 11.9. The zero-order valence-corrected chi connectivity index (χ0v) is 24.6. The number of aromatic nitrogens is 4. The quantitative estimate of drug-likeness (QED) is 0.270. The third kappa shape index (κ3) is 8.35. The number of rotatable bonds is 7. The maximum Gasteiger partial charge on any atom is 0.408 e. The van der Waals surface area contributed by atoms with E-state index in [4.69, 9.17) is 14.1 Å². The maximum atomic E-state index is 12.2. The van der Waals surface area contributed by atoms with E-state index in [1.165, 1.54) is 4.90 Å². The van der Waals surface area contributed by atoms with Gasteiger partial charge >= 0.3 is 6.09 Å². The molecule has 0 fully saturated rings. The molecule has 1 unspecified atom stereocenters. The van der Waals surface area contributed by atoms with Gasteiger partial charge in [0.15, 0.2) is 0 Å². The molecule has 2 heterocycles. The Balaban J connectivity index is 0.00000280. The van der Waals surface area contributed by atoms with Gasteiger partial charge in [0.25, 0.3) is 5.89 Å². The lowest BCUT2D eigenvalue weighted by Gasteiger charge is -2.22. The molecule has 11 heteroatoms. The molecule has 1 amide bonds. The summed E-state index contributed by atoms with van der Waals surface area (Å²) < 4.78 is 11.4.